The maximum Gasteiger partial charge on any atom is 0.161 e. The summed E-state index contributed by atoms with van der Waals surface area (Å²) >= 11 is 0. The lowest BCUT2D eigenvalue weighted by Gasteiger charge is -2.11. The molecule has 0 fully saturated rings. The minimum absolute atomic E-state index is 0.0746. The maximum atomic E-state index is 5.87. The van der Waals surface area contributed by atoms with Gasteiger partial charge in [-0.25, -0.2) is 9.97 Å². The molecule has 20 heavy (non-hydrogen) atoms. The lowest BCUT2D eigenvalue weighted by molar-refractivity contribution is 0.355. The molecule has 2 N–H and O–H groups in total. The first-order chi connectivity index (χ1) is 9.56. The summed E-state index contributed by atoms with van der Waals surface area (Å²) in [5.74, 6) is 1.98. The number of rotatable bonds is 4. The number of benzene rings is 1. The van der Waals surface area contributed by atoms with Crippen molar-refractivity contribution in [3.8, 4) is 22.9 Å². The molecular formula is C15H19N3O2. The number of aryl methyl sites for hydroxylation is 1. The van der Waals surface area contributed by atoms with Crippen LogP contribution in [0.5, 0.6) is 11.5 Å². The summed E-state index contributed by atoms with van der Waals surface area (Å²) in [6.45, 7) is 3.85. The standard InChI is InChI=1S/C15H19N3O2/c1-9(16)12-8-17-15(18-10(12)2)11-5-6-13(19-3)14(7-11)20-4/h5-9H,16H2,1-4H3/t9-/m0/s1. The molecular weight excluding hydrogens is 254 g/mol. The van der Waals surface area contributed by atoms with Gasteiger partial charge >= 0.3 is 0 Å². The van der Waals surface area contributed by atoms with E-state index in [1.165, 1.54) is 0 Å². The molecule has 1 aromatic heterocycles. The third kappa shape index (κ3) is 2.72. The topological polar surface area (TPSA) is 70.3 Å². The van der Waals surface area contributed by atoms with Crippen LogP contribution in [-0.4, -0.2) is 24.2 Å². The Morgan fingerprint density at radius 2 is 1.85 bits per heavy atom. The van der Waals surface area contributed by atoms with Crippen LogP contribution in [0.15, 0.2) is 24.4 Å². The van der Waals surface area contributed by atoms with Crippen molar-refractivity contribution in [1.82, 2.24) is 9.97 Å². The Morgan fingerprint density at radius 3 is 2.40 bits per heavy atom. The number of ether oxygens (including phenoxy) is 2. The van der Waals surface area contributed by atoms with E-state index in [1.807, 2.05) is 32.0 Å². The van der Waals surface area contributed by atoms with Crippen LogP contribution < -0.4 is 15.2 Å². The first-order valence-electron chi connectivity index (χ1n) is 6.38. The van der Waals surface area contributed by atoms with Crippen LogP contribution >= 0.6 is 0 Å². The minimum atomic E-state index is -0.0746. The van der Waals surface area contributed by atoms with Crippen molar-refractivity contribution in [2.24, 2.45) is 5.73 Å². The zero-order valence-corrected chi connectivity index (χ0v) is 12.2. The van der Waals surface area contributed by atoms with Gasteiger partial charge in [-0.05, 0) is 32.0 Å². The molecule has 0 radical (unpaired) electrons. The molecule has 1 atom stereocenters. The Morgan fingerprint density at radius 1 is 1.15 bits per heavy atom. The third-order valence-electron chi connectivity index (χ3n) is 3.15. The summed E-state index contributed by atoms with van der Waals surface area (Å²) in [7, 11) is 3.21. The van der Waals surface area contributed by atoms with Crippen molar-refractivity contribution in [3.05, 3.63) is 35.7 Å². The van der Waals surface area contributed by atoms with Crippen molar-refractivity contribution in [3.63, 3.8) is 0 Å². The molecule has 0 unspecified atom stereocenters. The van der Waals surface area contributed by atoms with E-state index in [2.05, 4.69) is 9.97 Å². The summed E-state index contributed by atoms with van der Waals surface area (Å²) < 4.78 is 10.5. The molecule has 106 valence electrons. The maximum absolute atomic E-state index is 5.87. The van der Waals surface area contributed by atoms with Crippen LogP contribution in [0.3, 0.4) is 0 Å². The molecule has 0 aliphatic heterocycles. The van der Waals surface area contributed by atoms with Crippen LogP contribution in [0.25, 0.3) is 11.4 Å². The number of hydrogen-bond donors (Lipinski definition) is 1. The van der Waals surface area contributed by atoms with Gasteiger partial charge in [0.25, 0.3) is 0 Å². The van der Waals surface area contributed by atoms with Gasteiger partial charge in [-0.2, -0.15) is 0 Å². The van der Waals surface area contributed by atoms with Gasteiger partial charge in [0.1, 0.15) is 0 Å². The molecule has 1 heterocycles. The second-order valence-electron chi connectivity index (χ2n) is 4.59. The highest BCUT2D eigenvalue weighted by Crippen LogP contribution is 2.31. The molecule has 2 rings (SSSR count). The van der Waals surface area contributed by atoms with Crippen LogP contribution in [0.1, 0.15) is 24.2 Å². The number of methoxy groups -OCH3 is 2. The molecule has 0 spiro atoms. The normalized spacial score (nSPS) is 12.1. The molecule has 0 amide bonds. The highest BCUT2D eigenvalue weighted by atomic mass is 16.5. The predicted octanol–water partition coefficient (Wildman–Crippen LogP) is 2.49. The summed E-state index contributed by atoms with van der Waals surface area (Å²) in [6, 6.07) is 5.53. The van der Waals surface area contributed by atoms with Gasteiger partial charge < -0.3 is 15.2 Å². The van der Waals surface area contributed by atoms with E-state index in [1.54, 1.807) is 20.4 Å². The van der Waals surface area contributed by atoms with Crippen molar-refractivity contribution < 1.29 is 9.47 Å². The summed E-state index contributed by atoms with van der Waals surface area (Å²) in [5, 5.41) is 0. The SMILES string of the molecule is COc1ccc(-c2ncc([C@H](C)N)c(C)n2)cc1OC. The first-order valence-corrected chi connectivity index (χ1v) is 6.38. The van der Waals surface area contributed by atoms with Crippen molar-refractivity contribution >= 4 is 0 Å². The quantitative estimate of drug-likeness (QED) is 0.926. The van der Waals surface area contributed by atoms with Crippen molar-refractivity contribution in [2.75, 3.05) is 14.2 Å². The summed E-state index contributed by atoms with van der Waals surface area (Å²) in [5.41, 5.74) is 8.59. The number of nitrogens with two attached hydrogens (primary N) is 1. The van der Waals surface area contributed by atoms with E-state index >= 15 is 0 Å². The molecule has 0 aliphatic rings. The van der Waals surface area contributed by atoms with E-state index in [-0.39, 0.29) is 6.04 Å². The smallest absolute Gasteiger partial charge is 0.161 e. The Balaban J connectivity index is 2.44. The second-order valence-corrected chi connectivity index (χ2v) is 4.59. The molecule has 0 saturated carbocycles. The van der Waals surface area contributed by atoms with Crippen LogP contribution in [-0.2, 0) is 0 Å². The largest absolute Gasteiger partial charge is 0.493 e. The van der Waals surface area contributed by atoms with E-state index in [0.717, 1.165) is 16.8 Å². The number of nitrogens with zero attached hydrogens (tertiary/aromatic N) is 2. The molecule has 0 aliphatic carbocycles. The highest BCUT2D eigenvalue weighted by molar-refractivity contribution is 5.61. The average molecular weight is 273 g/mol. The van der Waals surface area contributed by atoms with E-state index in [0.29, 0.717) is 17.3 Å². The summed E-state index contributed by atoms with van der Waals surface area (Å²) in [6.07, 6.45) is 1.78. The lowest BCUT2D eigenvalue weighted by atomic mass is 10.1. The Kier molecular flexibility index (Phi) is 4.20. The van der Waals surface area contributed by atoms with Gasteiger partial charge in [0.05, 0.1) is 14.2 Å². The van der Waals surface area contributed by atoms with Gasteiger partial charge in [-0.15, -0.1) is 0 Å². The molecule has 0 saturated heterocycles. The fraction of sp³-hybridized carbons (Fsp3) is 0.333. The molecule has 1 aromatic carbocycles. The average Bonchev–Trinajstić information content (AvgIpc) is 2.45. The fourth-order valence-electron chi connectivity index (χ4n) is 2.04. The second kappa shape index (κ2) is 5.88. The van der Waals surface area contributed by atoms with E-state index < -0.39 is 0 Å². The monoisotopic (exact) mass is 273 g/mol. The molecule has 5 heteroatoms. The Labute approximate surface area is 118 Å². The number of aromatic nitrogens is 2. The predicted molar refractivity (Wildman–Crippen MR) is 77.9 cm³/mol. The fourth-order valence-corrected chi connectivity index (χ4v) is 2.04. The number of hydrogen-bond acceptors (Lipinski definition) is 5. The van der Waals surface area contributed by atoms with Crippen LogP contribution in [0.2, 0.25) is 0 Å². The van der Waals surface area contributed by atoms with Gasteiger partial charge in [-0.1, -0.05) is 0 Å². The van der Waals surface area contributed by atoms with E-state index in [4.69, 9.17) is 15.2 Å². The summed E-state index contributed by atoms with van der Waals surface area (Å²) in [4.78, 5) is 8.88. The zero-order chi connectivity index (χ0) is 14.7. The molecule has 5 nitrogen and oxygen atoms in total. The highest BCUT2D eigenvalue weighted by Gasteiger charge is 2.11. The Hall–Kier alpha value is -2.14. The van der Waals surface area contributed by atoms with Gasteiger partial charge in [0.15, 0.2) is 17.3 Å². The van der Waals surface area contributed by atoms with Gasteiger partial charge in [0.2, 0.25) is 0 Å². The molecule has 0 bridgehead atoms. The van der Waals surface area contributed by atoms with Gasteiger partial charge in [0, 0.05) is 29.1 Å². The van der Waals surface area contributed by atoms with Crippen molar-refractivity contribution in [2.45, 2.75) is 19.9 Å². The van der Waals surface area contributed by atoms with Crippen molar-refractivity contribution in [1.29, 1.82) is 0 Å². The van der Waals surface area contributed by atoms with E-state index in [9.17, 15) is 0 Å². The van der Waals surface area contributed by atoms with Gasteiger partial charge in [-0.3, -0.25) is 0 Å². The first kappa shape index (κ1) is 14.3. The lowest BCUT2D eigenvalue weighted by Crippen LogP contribution is -2.09. The Bertz CT molecular complexity index is 612. The minimum Gasteiger partial charge on any atom is -0.493 e. The zero-order valence-electron chi connectivity index (χ0n) is 12.2. The van der Waals surface area contributed by atoms with Crippen LogP contribution in [0.4, 0.5) is 0 Å². The van der Waals surface area contributed by atoms with Crippen LogP contribution in [0, 0.1) is 6.92 Å². The molecule has 2 aromatic rings. The third-order valence-corrected chi connectivity index (χ3v) is 3.15.